The first-order valence-corrected chi connectivity index (χ1v) is 7.38. The van der Waals surface area contributed by atoms with Gasteiger partial charge in [0.2, 0.25) is 0 Å². The molecule has 1 heterocycles. The molecule has 3 rings (SSSR count). The smallest absolute Gasteiger partial charge is 0.117 e. The Hall–Kier alpha value is -0.840. The predicted octanol–water partition coefficient (Wildman–Crippen LogP) is 2.14. The maximum absolute atomic E-state index is 6.09. The number of nitrogens with two attached hydrogens (primary N) is 1. The van der Waals surface area contributed by atoms with Crippen LogP contribution in [0.2, 0.25) is 0 Å². The number of furan rings is 1. The minimum Gasteiger partial charge on any atom is -0.468 e. The number of nitrogens with zero attached hydrogens (tertiary/aromatic N) is 1. The molecule has 2 saturated carbocycles. The number of ether oxygens (including phenoxy) is 1. The molecule has 0 atom stereocenters. The average molecular weight is 264 g/mol. The first-order chi connectivity index (χ1) is 9.27. The molecule has 4 nitrogen and oxygen atoms in total. The molecule has 0 bridgehead atoms. The molecule has 19 heavy (non-hydrogen) atoms. The normalized spacial score (nSPS) is 30.6. The van der Waals surface area contributed by atoms with Gasteiger partial charge in [-0.25, -0.2) is 0 Å². The molecule has 2 aliphatic carbocycles. The van der Waals surface area contributed by atoms with Crippen molar-refractivity contribution in [3.8, 4) is 0 Å². The molecule has 0 amide bonds. The molecule has 0 saturated heterocycles. The van der Waals surface area contributed by atoms with Gasteiger partial charge in [0.05, 0.1) is 18.9 Å². The topological polar surface area (TPSA) is 51.6 Å². The molecule has 0 aromatic carbocycles. The maximum Gasteiger partial charge on any atom is 0.117 e. The molecule has 0 spiro atoms. The van der Waals surface area contributed by atoms with Crippen molar-refractivity contribution >= 4 is 0 Å². The van der Waals surface area contributed by atoms with Crippen molar-refractivity contribution in [3.63, 3.8) is 0 Å². The largest absolute Gasteiger partial charge is 0.468 e. The lowest BCUT2D eigenvalue weighted by molar-refractivity contribution is -0.108. The molecular weight excluding hydrogens is 240 g/mol. The van der Waals surface area contributed by atoms with E-state index in [2.05, 4.69) is 17.9 Å². The fourth-order valence-corrected chi connectivity index (χ4v) is 3.30. The van der Waals surface area contributed by atoms with Crippen LogP contribution in [0.4, 0.5) is 0 Å². The summed E-state index contributed by atoms with van der Waals surface area (Å²) in [5.41, 5.74) is 6.23. The van der Waals surface area contributed by atoms with Crippen LogP contribution >= 0.6 is 0 Å². The van der Waals surface area contributed by atoms with Gasteiger partial charge in [-0.05, 0) is 44.7 Å². The summed E-state index contributed by atoms with van der Waals surface area (Å²) < 4.78 is 11.2. The van der Waals surface area contributed by atoms with E-state index in [-0.39, 0.29) is 5.54 Å². The van der Waals surface area contributed by atoms with Crippen LogP contribution in [-0.2, 0) is 11.3 Å². The Kier molecular flexibility index (Phi) is 3.65. The molecule has 4 heteroatoms. The molecule has 0 radical (unpaired) electrons. The molecule has 1 aromatic heterocycles. The summed E-state index contributed by atoms with van der Waals surface area (Å²) in [7, 11) is 0. The van der Waals surface area contributed by atoms with Gasteiger partial charge < -0.3 is 14.9 Å². The lowest BCUT2D eigenvalue weighted by atomic mass is 9.72. The van der Waals surface area contributed by atoms with Crippen molar-refractivity contribution < 1.29 is 9.15 Å². The van der Waals surface area contributed by atoms with Gasteiger partial charge >= 0.3 is 0 Å². The third kappa shape index (κ3) is 2.57. The van der Waals surface area contributed by atoms with Crippen molar-refractivity contribution in [3.05, 3.63) is 24.2 Å². The third-order valence-electron chi connectivity index (χ3n) is 4.50. The van der Waals surface area contributed by atoms with Gasteiger partial charge in [-0.1, -0.05) is 0 Å². The monoisotopic (exact) mass is 264 g/mol. The predicted molar refractivity (Wildman–Crippen MR) is 73.7 cm³/mol. The number of rotatable bonds is 7. The van der Waals surface area contributed by atoms with E-state index in [1.54, 1.807) is 6.26 Å². The summed E-state index contributed by atoms with van der Waals surface area (Å²) in [6.07, 6.45) is 6.86. The van der Waals surface area contributed by atoms with Crippen LogP contribution in [-0.4, -0.2) is 35.7 Å². The second-order valence-corrected chi connectivity index (χ2v) is 5.85. The minimum atomic E-state index is 0.133. The van der Waals surface area contributed by atoms with E-state index < -0.39 is 0 Å². The zero-order valence-corrected chi connectivity index (χ0v) is 11.7. The molecule has 0 unspecified atom stereocenters. The highest BCUT2D eigenvalue weighted by molar-refractivity contribution is 5.10. The molecule has 0 aliphatic heterocycles. The van der Waals surface area contributed by atoms with Gasteiger partial charge in [-0.2, -0.15) is 0 Å². The van der Waals surface area contributed by atoms with Crippen LogP contribution < -0.4 is 5.73 Å². The summed E-state index contributed by atoms with van der Waals surface area (Å²) >= 11 is 0. The fraction of sp³-hybridized carbons (Fsp3) is 0.733. The van der Waals surface area contributed by atoms with E-state index in [0.717, 1.165) is 31.8 Å². The minimum absolute atomic E-state index is 0.133. The molecule has 2 aliphatic rings. The summed E-state index contributed by atoms with van der Waals surface area (Å²) in [6.45, 7) is 4.46. The van der Waals surface area contributed by atoms with E-state index >= 15 is 0 Å². The van der Waals surface area contributed by atoms with Crippen molar-refractivity contribution in [1.29, 1.82) is 0 Å². The Morgan fingerprint density at radius 1 is 1.47 bits per heavy atom. The molecule has 1 aromatic rings. The zero-order chi connectivity index (χ0) is 13.3. The van der Waals surface area contributed by atoms with Crippen LogP contribution in [0.3, 0.4) is 0 Å². The van der Waals surface area contributed by atoms with Crippen molar-refractivity contribution in [1.82, 2.24) is 4.90 Å². The van der Waals surface area contributed by atoms with Gasteiger partial charge in [0.1, 0.15) is 5.76 Å². The highest BCUT2D eigenvalue weighted by atomic mass is 16.5. The second kappa shape index (κ2) is 5.27. The molecule has 106 valence electrons. The van der Waals surface area contributed by atoms with E-state index in [4.69, 9.17) is 14.9 Å². The summed E-state index contributed by atoms with van der Waals surface area (Å²) in [4.78, 5) is 2.57. The van der Waals surface area contributed by atoms with E-state index in [1.807, 2.05) is 6.07 Å². The Morgan fingerprint density at radius 2 is 2.26 bits per heavy atom. The molecular formula is C15H24N2O2. The van der Waals surface area contributed by atoms with Gasteiger partial charge in [-0.3, -0.25) is 4.90 Å². The summed E-state index contributed by atoms with van der Waals surface area (Å²) in [6, 6.07) is 4.70. The van der Waals surface area contributed by atoms with Gasteiger partial charge in [0.25, 0.3) is 0 Å². The molecule has 2 fully saturated rings. The second-order valence-electron chi connectivity index (χ2n) is 5.85. The SMILES string of the molecule is CCOC1CC(CN)(N(Cc2ccco2)C2CC2)C1. The standard InChI is InChI=1S/C15H24N2O2/c1-2-18-14-8-15(9-14,11-16)17(12-5-6-12)10-13-4-3-7-19-13/h3-4,7,12,14H,2,5-6,8-11,16H2,1H3. The van der Waals surface area contributed by atoms with Crippen LogP contribution in [0.1, 0.15) is 38.4 Å². The Morgan fingerprint density at radius 3 is 2.79 bits per heavy atom. The highest BCUT2D eigenvalue weighted by Gasteiger charge is 2.52. The zero-order valence-electron chi connectivity index (χ0n) is 11.7. The number of hydrogen-bond donors (Lipinski definition) is 1. The van der Waals surface area contributed by atoms with Crippen LogP contribution in [0.5, 0.6) is 0 Å². The Labute approximate surface area is 114 Å². The molecule has 2 N–H and O–H groups in total. The lowest BCUT2D eigenvalue weighted by Gasteiger charge is -2.53. The van der Waals surface area contributed by atoms with Crippen molar-refractivity contribution in [2.45, 2.75) is 56.8 Å². The van der Waals surface area contributed by atoms with Gasteiger partial charge in [0.15, 0.2) is 0 Å². The van der Waals surface area contributed by atoms with Gasteiger partial charge in [0, 0.05) is 24.7 Å². The number of hydrogen-bond acceptors (Lipinski definition) is 4. The first-order valence-electron chi connectivity index (χ1n) is 7.38. The highest BCUT2D eigenvalue weighted by Crippen LogP contribution is 2.45. The lowest BCUT2D eigenvalue weighted by Crippen LogP contribution is -2.64. The van der Waals surface area contributed by atoms with Crippen molar-refractivity contribution in [2.24, 2.45) is 5.73 Å². The summed E-state index contributed by atoms with van der Waals surface area (Å²) in [5, 5.41) is 0. The Bertz CT molecular complexity index is 394. The quantitative estimate of drug-likeness (QED) is 0.820. The van der Waals surface area contributed by atoms with E-state index in [1.165, 1.54) is 12.8 Å². The first kappa shape index (κ1) is 13.2. The Balaban J connectivity index is 1.68. The maximum atomic E-state index is 6.09. The fourth-order valence-electron chi connectivity index (χ4n) is 3.30. The van der Waals surface area contributed by atoms with Crippen LogP contribution in [0, 0.1) is 0 Å². The van der Waals surface area contributed by atoms with Crippen LogP contribution in [0.25, 0.3) is 0 Å². The average Bonchev–Trinajstić information content (AvgIpc) is 3.08. The van der Waals surface area contributed by atoms with E-state index in [0.29, 0.717) is 18.7 Å². The van der Waals surface area contributed by atoms with Crippen molar-refractivity contribution in [2.75, 3.05) is 13.2 Å². The third-order valence-corrected chi connectivity index (χ3v) is 4.50. The van der Waals surface area contributed by atoms with Gasteiger partial charge in [-0.15, -0.1) is 0 Å². The van der Waals surface area contributed by atoms with Crippen LogP contribution in [0.15, 0.2) is 22.8 Å². The summed E-state index contributed by atoms with van der Waals surface area (Å²) in [5.74, 6) is 1.04. The van der Waals surface area contributed by atoms with E-state index in [9.17, 15) is 0 Å².